The lowest BCUT2D eigenvalue weighted by Gasteiger charge is -2.04. The van der Waals surface area contributed by atoms with Crippen LogP contribution in [0.3, 0.4) is 0 Å². The van der Waals surface area contributed by atoms with Gasteiger partial charge in [0.1, 0.15) is 17.7 Å². The third kappa shape index (κ3) is 2.88. The summed E-state index contributed by atoms with van der Waals surface area (Å²) in [4.78, 5) is 27.2. The van der Waals surface area contributed by atoms with Crippen molar-refractivity contribution in [2.75, 3.05) is 6.54 Å². The predicted molar refractivity (Wildman–Crippen MR) is 73.6 cm³/mol. The van der Waals surface area contributed by atoms with Crippen LogP contribution in [0.1, 0.15) is 28.6 Å². The molecule has 0 saturated carbocycles. The molecule has 21 heavy (non-hydrogen) atoms. The first-order valence-corrected chi connectivity index (χ1v) is 6.59. The van der Waals surface area contributed by atoms with Gasteiger partial charge in [0.2, 0.25) is 5.89 Å². The van der Waals surface area contributed by atoms with Gasteiger partial charge in [0.05, 0.1) is 5.39 Å². The van der Waals surface area contributed by atoms with Crippen LogP contribution in [-0.2, 0) is 6.42 Å². The first kappa shape index (κ1) is 13.2. The number of fused-ring (bicyclic) bond motifs is 1. The number of nitrogens with zero attached hydrogens (tertiary/aromatic N) is 4. The van der Waals surface area contributed by atoms with E-state index < -0.39 is 0 Å². The highest BCUT2D eigenvalue weighted by Gasteiger charge is 2.12. The summed E-state index contributed by atoms with van der Waals surface area (Å²) in [6.45, 7) is 2.28. The molecular formula is C13H14N6O2. The average Bonchev–Trinajstić information content (AvgIpc) is 3.11. The molecule has 0 unspecified atom stereocenters. The van der Waals surface area contributed by atoms with Gasteiger partial charge in [-0.3, -0.25) is 4.79 Å². The molecule has 108 valence electrons. The smallest absolute Gasteiger partial charge is 0.270 e. The molecule has 8 heteroatoms. The number of amides is 1. The lowest BCUT2D eigenvalue weighted by molar-refractivity contribution is 0.0949. The van der Waals surface area contributed by atoms with Crippen molar-refractivity contribution in [3.8, 4) is 0 Å². The van der Waals surface area contributed by atoms with Crippen LogP contribution in [0.25, 0.3) is 11.0 Å². The van der Waals surface area contributed by atoms with Gasteiger partial charge < -0.3 is 14.8 Å². The van der Waals surface area contributed by atoms with Crippen LogP contribution in [0, 0.1) is 6.92 Å². The number of H-pyrrole nitrogens is 1. The van der Waals surface area contributed by atoms with Crippen molar-refractivity contribution >= 4 is 16.9 Å². The summed E-state index contributed by atoms with van der Waals surface area (Å²) in [5.74, 6) is 0.977. The van der Waals surface area contributed by atoms with Crippen molar-refractivity contribution in [2.24, 2.45) is 0 Å². The second-order valence-corrected chi connectivity index (χ2v) is 4.56. The van der Waals surface area contributed by atoms with E-state index in [1.165, 1.54) is 6.33 Å². The van der Waals surface area contributed by atoms with Crippen LogP contribution < -0.4 is 5.32 Å². The number of hydrogen-bond donors (Lipinski definition) is 2. The Labute approximate surface area is 120 Å². The van der Waals surface area contributed by atoms with Crippen LogP contribution in [0.15, 0.2) is 23.1 Å². The number of rotatable bonds is 5. The van der Waals surface area contributed by atoms with Gasteiger partial charge in [0, 0.05) is 19.2 Å². The minimum atomic E-state index is -0.219. The molecule has 0 radical (unpaired) electrons. The van der Waals surface area contributed by atoms with E-state index in [2.05, 4.69) is 30.4 Å². The summed E-state index contributed by atoms with van der Waals surface area (Å²) in [6, 6.07) is 1.78. The van der Waals surface area contributed by atoms with E-state index in [9.17, 15) is 4.79 Å². The molecule has 3 rings (SSSR count). The Morgan fingerprint density at radius 3 is 3.14 bits per heavy atom. The zero-order valence-corrected chi connectivity index (χ0v) is 11.5. The number of nitrogens with one attached hydrogen (secondary N) is 2. The van der Waals surface area contributed by atoms with Crippen LogP contribution in [-0.4, -0.2) is 37.5 Å². The Morgan fingerprint density at radius 2 is 2.33 bits per heavy atom. The molecule has 0 atom stereocenters. The van der Waals surface area contributed by atoms with Crippen molar-refractivity contribution in [1.82, 2.24) is 30.4 Å². The quantitative estimate of drug-likeness (QED) is 0.677. The molecule has 0 aliphatic rings. The molecule has 0 bridgehead atoms. The molecule has 3 aromatic heterocycles. The van der Waals surface area contributed by atoms with Crippen LogP contribution >= 0.6 is 0 Å². The maximum Gasteiger partial charge on any atom is 0.270 e. The maximum atomic E-state index is 12.1. The fourth-order valence-corrected chi connectivity index (χ4v) is 2.02. The number of aromatic amines is 1. The van der Waals surface area contributed by atoms with Crippen molar-refractivity contribution in [3.05, 3.63) is 36.0 Å². The van der Waals surface area contributed by atoms with Gasteiger partial charge in [-0.25, -0.2) is 9.97 Å². The highest BCUT2D eigenvalue weighted by molar-refractivity contribution is 6.03. The van der Waals surface area contributed by atoms with Crippen molar-refractivity contribution < 1.29 is 9.32 Å². The molecule has 1 amide bonds. The fourth-order valence-electron chi connectivity index (χ4n) is 2.02. The van der Waals surface area contributed by atoms with Gasteiger partial charge in [0.25, 0.3) is 5.91 Å². The van der Waals surface area contributed by atoms with Crippen LogP contribution in [0.5, 0.6) is 0 Å². The topological polar surface area (TPSA) is 110 Å². The van der Waals surface area contributed by atoms with Gasteiger partial charge in [-0.05, 0) is 19.4 Å². The van der Waals surface area contributed by atoms with E-state index in [0.717, 1.165) is 6.42 Å². The Balaban J connectivity index is 1.56. The van der Waals surface area contributed by atoms with E-state index in [1.54, 1.807) is 19.2 Å². The van der Waals surface area contributed by atoms with E-state index in [-0.39, 0.29) is 5.91 Å². The Hall–Kier alpha value is -2.77. The first-order valence-electron chi connectivity index (χ1n) is 6.59. The number of carbonyl (C=O) groups is 1. The summed E-state index contributed by atoms with van der Waals surface area (Å²) in [7, 11) is 0. The monoisotopic (exact) mass is 286 g/mol. The van der Waals surface area contributed by atoms with E-state index >= 15 is 0 Å². The summed E-state index contributed by atoms with van der Waals surface area (Å²) in [5, 5.41) is 7.25. The largest absolute Gasteiger partial charge is 0.351 e. The van der Waals surface area contributed by atoms with E-state index in [0.29, 0.717) is 41.4 Å². The average molecular weight is 286 g/mol. The molecule has 0 spiro atoms. The van der Waals surface area contributed by atoms with Gasteiger partial charge in [-0.15, -0.1) is 0 Å². The zero-order chi connectivity index (χ0) is 14.7. The number of hydrogen-bond acceptors (Lipinski definition) is 6. The molecule has 2 N–H and O–H groups in total. The van der Waals surface area contributed by atoms with Gasteiger partial charge in [0.15, 0.2) is 5.82 Å². The molecule has 0 saturated heterocycles. The standard InChI is InChI=1S/C13H14N6O2/c1-8-18-10(21-19-8)3-2-5-15-13(20)11-9-4-6-14-12(9)17-7-16-11/h4,6-7H,2-3,5H2,1H3,(H,15,20)(H,14,16,17). The minimum Gasteiger partial charge on any atom is -0.351 e. The number of carbonyl (C=O) groups excluding carboxylic acids is 1. The summed E-state index contributed by atoms with van der Waals surface area (Å²) in [6.07, 6.45) is 4.45. The molecule has 3 aromatic rings. The van der Waals surface area contributed by atoms with Crippen molar-refractivity contribution in [2.45, 2.75) is 19.8 Å². The Kier molecular flexibility index (Phi) is 3.59. The van der Waals surface area contributed by atoms with Crippen molar-refractivity contribution in [3.63, 3.8) is 0 Å². The number of aryl methyl sites for hydroxylation is 2. The minimum absolute atomic E-state index is 0.219. The lowest BCUT2D eigenvalue weighted by Crippen LogP contribution is -2.26. The van der Waals surface area contributed by atoms with Gasteiger partial charge >= 0.3 is 0 Å². The summed E-state index contributed by atoms with van der Waals surface area (Å²) < 4.78 is 5.00. The molecule has 0 fully saturated rings. The first-order chi connectivity index (χ1) is 10.2. The molecule has 0 aliphatic heterocycles. The fraction of sp³-hybridized carbons (Fsp3) is 0.308. The molecule has 3 heterocycles. The summed E-state index contributed by atoms with van der Waals surface area (Å²) in [5.41, 5.74) is 1.02. The summed E-state index contributed by atoms with van der Waals surface area (Å²) >= 11 is 0. The van der Waals surface area contributed by atoms with Crippen molar-refractivity contribution in [1.29, 1.82) is 0 Å². The highest BCUT2D eigenvalue weighted by Crippen LogP contribution is 2.12. The third-order valence-corrected chi connectivity index (χ3v) is 2.99. The second kappa shape index (κ2) is 5.70. The zero-order valence-electron chi connectivity index (χ0n) is 11.5. The lowest BCUT2D eigenvalue weighted by atomic mass is 10.2. The van der Waals surface area contributed by atoms with Crippen LogP contribution in [0.2, 0.25) is 0 Å². The number of aromatic nitrogens is 5. The van der Waals surface area contributed by atoms with Crippen LogP contribution in [0.4, 0.5) is 0 Å². The highest BCUT2D eigenvalue weighted by atomic mass is 16.5. The Bertz CT molecular complexity index is 763. The predicted octanol–water partition coefficient (Wildman–Crippen LogP) is 1.01. The van der Waals surface area contributed by atoms with Gasteiger partial charge in [-0.2, -0.15) is 4.98 Å². The molecule has 8 nitrogen and oxygen atoms in total. The second-order valence-electron chi connectivity index (χ2n) is 4.56. The molecule has 0 aromatic carbocycles. The van der Waals surface area contributed by atoms with E-state index in [4.69, 9.17) is 4.52 Å². The molecular weight excluding hydrogens is 272 g/mol. The maximum absolute atomic E-state index is 12.1. The normalized spacial score (nSPS) is 10.9. The van der Waals surface area contributed by atoms with E-state index in [1.807, 2.05) is 0 Å². The SMILES string of the molecule is Cc1noc(CCCNC(=O)c2ncnc3[nH]ccc23)n1. The molecule has 0 aliphatic carbocycles. The Morgan fingerprint density at radius 1 is 1.43 bits per heavy atom. The third-order valence-electron chi connectivity index (χ3n) is 2.99. The van der Waals surface area contributed by atoms with Gasteiger partial charge in [-0.1, -0.05) is 5.16 Å².